The van der Waals surface area contributed by atoms with Crippen LogP contribution in [0.4, 0.5) is 4.39 Å². The second kappa shape index (κ2) is 8.27. The number of carbonyl (C=O) groups excluding carboxylic acids is 3. The lowest BCUT2D eigenvalue weighted by molar-refractivity contribution is -0.136. The van der Waals surface area contributed by atoms with E-state index >= 15 is 0 Å². The third kappa shape index (κ3) is 3.80. The van der Waals surface area contributed by atoms with Crippen molar-refractivity contribution in [1.82, 2.24) is 24.3 Å². The van der Waals surface area contributed by atoms with E-state index in [0.29, 0.717) is 24.0 Å². The topological polar surface area (TPSA) is 122 Å². The molecule has 1 N–H and O–H groups in total. The summed E-state index contributed by atoms with van der Waals surface area (Å²) in [4.78, 5) is 38.3. The lowest BCUT2D eigenvalue weighted by Crippen LogP contribution is -2.52. The molecule has 5 rings (SSSR count). The summed E-state index contributed by atoms with van der Waals surface area (Å²) in [5.41, 5.74) is 1.57. The van der Waals surface area contributed by atoms with Crippen LogP contribution in [0.3, 0.4) is 0 Å². The summed E-state index contributed by atoms with van der Waals surface area (Å²) in [6, 6.07) is 3.27. The van der Waals surface area contributed by atoms with E-state index in [9.17, 15) is 27.2 Å². The van der Waals surface area contributed by atoms with Gasteiger partial charge in [0.05, 0.1) is 0 Å². The highest BCUT2D eigenvalue weighted by molar-refractivity contribution is 7.89. The van der Waals surface area contributed by atoms with Crippen molar-refractivity contribution in [2.24, 2.45) is 7.05 Å². The first-order valence-electron chi connectivity index (χ1n) is 11.1. The van der Waals surface area contributed by atoms with Gasteiger partial charge in [-0.1, -0.05) is 0 Å². The van der Waals surface area contributed by atoms with Crippen molar-refractivity contribution in [1.29, 1.82) is 0 Å². The van der Waals surface area contributed by atoms with Crippen LogP contribution in [0.15, 0.2) is 29.4 Å². The fourth-order valence-electron chi connectivity index (χ4n) is 5.09. The number of rotatable bonds is 4. The van der Waals surface area contributed by atoms with Crippen LogP contribution in [0.5, 0.6) is 0 Å². The van der Waals surface area contributed by atoms with Crippen LogP contribution in [0.25, 0.3) is 0 Å². The van der Waals surface area contributed by atoms with Crippen LogP contribution in [-0.2, 0) is 33.2 Å². The monoisotopic (exact) mass is 489 g/mol. The maximum atomic E-state index is 14.5. The summed E-state index contributed by atoms with van der Waals surface area (Å²) in [7, 11) is -2.07. The Morgan fingerprint density at radius 1 is 1.12 bits per heavy atom. The second-order valence-corrected chi connectivity index (χ2v) is 10.8. The molecule has 1 aromatic carbocycles. The van der Waals surface area contributed by atoms with Crippen molar-refractivity contribution in [3.05, 3.63) is 46.9 Å². The van der Waals surface area contributed by atoms with Gasteiger partial charge in [-0.2, -0.15) is 9.40 Å². The van der Waals surface area contributed by atoms with Crippen LogP contribution in [0.1, 0.15) is 53.1 Å². The van der Waals surface area contributed by atoms with E-state index in [1.807, 2.05) is 0 Å². The molecule has 34 heavy (non-hydrogen) atoms. The number of aryl methyl sites for hydroxylation is 1. The summed E-state index contributed by atoms with van der Waals surface area (Å²) < 4.78 is 43.1. The molecule has 0 aliphatic carbocycles. The van der Waals surface area contributed by atoms with Crippen molar-refractivity contribution in [2.75, 3.05) is 13.1 Å². The number of amides is 3. The molecule has 0 radical (unpaired) electrons. The molecule has 0 saturated carbocycles. The number of hydrogen-bond acceptors (Lipinski definition) is 6. The third-order valence-corrected chi connectivity index (χ3v) is 8.63. The lowest BCUT2D eigenvalue weighted by atomic mass is 9.86. The molecule has 2 aromatic rings. The lowest BCUT2D eigenvalue weighted by Gasteiger charge is -2.32. The number of carbonyl (C=O) groups is 3. The van der Waals surface area contributed by atoms with Crippen LogP contribution >= 0.6 is 0 Å². The summed E-state index contributed by atoms with van der Waals surface area (Å²) in [6.07, 6.45) is 2.87. The Bertz CT molecular complexity index is 1300. The summed E-state index contributed by atoms with van der Waals surface area (Å²) in [5.74, 6) is -2.00. The quantitative estimate of drug-likeness (QED) is 0.637. The minimum atomic E-state index is -3.72. The van der Waals surface area contributed by atoms with E-state index in [1.165, 1.54) is 32.1 Å². The molecular weight excluding hydrogens is 465 g/mol. The van der Waals surface area contributed by atoms with Gasteiger partial charge in [0.1, 0.15) is 11.9 Å². The number of nitrogens with one attached hydrogen (secondary N) is 1. The number of halogens is 1. The SMILES string of the molecule is Cn1ccc(S(=O)(=O)N2CCC(c3cc(F)cc4c3CN(C3CCC(=O)NC3=O)C4=O)CC2)n1. The Labute approximate surface area is 195 Å². The Kier molecular flexibility index (Phi) is 5.52. The van der Waals surface area contributed by atoms with Crippen molar-refractivity contribution in [3.63, 3.8) is 0 Å². The minimum Gasteiger partial charge on any atom is -0.322 e. The maximum Gasteiger partial charge on any atom is 0.262 e. The van der Waals surface area contributed by atoms with E-state index in [1.54, 1.807) is 13.2 Å². The smallest absolute Gasteiger partial charge is 0.262 e. The summed E-state index contributed by atoms with van der Waals surface area (Å²) in [6.45, 7) is 0.655. The number of benzene rings is 1. The molecule has 1 atom stereocenters. The van der Waals surface area contributed by atoms with Crippen LogP contribution in [0.2, 0.25) is 0 Å². The molecule has 2 saturated heterocycles. The molecule has 3 amide bonds. The van der Waals surface area contributed by atoms with E-state index in [4.69, 9.17) is 0 Å². The van der Waals surface area contributed by atoms with E-state index in [0.717, 1.165) is 0 Å². The van der Waals surface area contributed by atoms with Crippen molar-refractivity contribution in [3.8, 4) is 0 Å². The van der Waals surface area contributed by atoms with Crippen molar-refractivity contribution in [2.45, 2.75) is 49.2 Å². The number of aromatic nitrogens is 2. The Balaban J connectivity index is 1.36. The molecule has 4 heterocycles. The molecular formula is C22H24FN5O5S. The predicted molar refractivity (Wildman–Crippen MR) is 116 cm³/mol. The Morgan fingerprint density at radius 3 is 2.50 bits per heavy atom. The first-order chi connectivity index (χ1) is 16.1. The Hall–Kier alpha value is -3.12. The Morgan fingerprint density at radius 2 is 1.85 bits per heavy atom. The zero-order valence-corrected chi connectivity index (χ0v) is 19.3. The zero-order valence-electron chi connectivity index (χ0n) is 18.5. The molecule has 1 unspecified atom stereocenters. The molecule has 0 bridgehead atoms. The van der Waals surface area contributed by atoms with Crippen molar-refractivity contribution < 1.29 is 27.2 Å². The van der Waals surface area contributed by atoms with Gasteiger partial charge in [0.2, 0.25) is 11.8 Å². The van der Waals surface area contributed by atoms with Gasteiger partial charge < -0.3 is 4.90 Å². The minimum absolute atomic E-state index is 0.00873. The fraction of sp³-hybridized carbons (Fsp3) is 0.455. The molecule has 10 nitrogen and oxygen atoms in total. The highest BCUT2D eigenvalue weighted by Crippen LogP contribution is 2.38. The number of nitrogens with zero attached hydrogens (tertiary/aromatic N) is 4. The van der Waals surface area contributed by atoms with Crippen molar-refractivity contribution >= 4 is 27.7 Å². The maximum absolute atomic E-state index is 14.5. The zero-order chi connectivity index (χ0) is 24.2. The van der Waals surface area contributed by atoms with Gasteiger partial charge in [0.15, 0.2) is 5.03 Å². The van der Waals surface area contributed by atoms with Gasteiger partial charge in [0.25, 0.3) is 15.9 Å². The standard InChI is InChI=1S/C22H24FN5O5S/c1-26-7-6-20(25-26)34(32,33)27-8-4-13(5-9-27)15-10-14(23)11-16-17(15)12-28(22(16)31)18-2-3-19(29)24-21(18)30/h6-7,10-11,13,18H,2-5,8-9,12H2,1H3,(H,24,29,30). The average molecular weight is 490 g/mol. The van der Waals surface area contributed by atoms with Crippen LogP contribution in [-0.4, -0.2) is 64.3 Å². The number of imide groups is 1. The van der Waals surface area contributed by atoms with Crippen LogP contribution < -0.4 is 5.32 Å². The fourth-order valence-corrected chi connectivity index (χ4v) is 6.51. The predicted octanol–water partition coefficient (Wildman–Crippen LogP) is 0.889. The molecule has 3 aliphatic rings. The van der Waals surface area contributed by atoms with E-state index in [2.05, 4.69) is 10.4 Å². The van der Waals surface area contributed by atoms with Gasteiger partial charge in [-0.15, -0.1) is 0 Å². The van der Waals surface area contributed by atoms with Gasteiger partial charge in [-0.25, -0.2) is 12.8 Å². The highest BCUT2D eigenvalue weighted by atomic mass is 32.2. The van der Waals surface area contributed by atoms with Gasteiger partial charge in [-0.3, -0.25) is 24.4 Å². The molecule has 3 aliphatic heterocycles. The number of piperidine rings is 2. The van der Waals surface area contributed by atoms with Gasteiger partial charge >= 0.3 is 0 Å². The molecule has 12 heteroatoms. The number of sulfonamides is 1. The molecule has 2 fully saturated rings. The number of hydrogen-bond donors (Lipinski definition) is 1. The normalized spacial score (nSPS) is 22.2. The molecule has 1 aromatic heterocycles. The largest absolute Gasteiger partial charge is 0.322 e. The van der Waals surface area contributed by atoms with E-state index < -0.39 is 33.7 Å². The number of fused-ring (bicyclic) bond motifs is 1. The first kappa shape index (κ1) is 22.7. The molecule has 180 valence electrons. The van der Waals surface area contributed by atoms with Crippen LogP contribution in [0, 0.1) is 5.82 Å². The van der Waals surface area contributed by atoms with E-state index in [-0.39, 0.29) is 54.9 Å². The second-order valence-electron chi connectivity index (χ2n) is 8.93. The molecule has 0 spiro atoms. The summed E-state index contributed by atoms with van der Waals surface area (Å²) in [5, 5.41) is 6.26. The average Bonchev–Trinajstić information content (AvgIpc) is 3.38. The van der Waals surface area contributed by atoms with Gasteiger partial charge in [-0.05, 0) is 54.5 Å². The van der Waals surface area contributed by atoms with Gasteiger partial charge in [0, 0.05) is 44.9 Å². The third-order valence-electron chi connectivity index (χ3n) is 6.84. The highest BCUT2D eigenvalue weighted by Gasteiger charge is 2.41. The summed E-state index contributed by atoms with van der Waals surface area (Å²) >= 11 is 0. The first-order valence-corrected chi connectivity index (χ1v) is 12.6.